The smallest absolute Gasteiger partial charge is 0.341 e. The molecule has 1 aromatic heterocycles. The molecule has 0 spiro atoms. The van der Waals surface area contributed by atoms with Crippen molar-refractivity contribution in [3.05, 3.63) is 28.4 Å². The molecule has 3 rings (SSSR count). The first-order chi connectivity index (χ1) is 9.58. The van der Waals surface area contributed by atoms with Crippen LogP contribution in [-0.2, 0) is 4.74 Å². The number of nitrogens with zero attached hydrogens (tertiary/aromatic N) is 2. The summed E-state index contributed by atoms with van der Waals surface area (Å²) in [7, 11) is 1.16. The first kappa shape index (κ1) is 12.6. The van der Waals surface area contributed by atoms with E-state index < -0.39 is 11.8 Å². The highest BCUT2D eigenvalue weighted by atomic mass is 19.1. The molecule has 0 unspecified atom stereocenters. The lowest BCUT2D eigenvalue weighted by molar-refractivity contribution is 0.0594. The minimum Gasteiger partial charge on any atom is -0.465 e. The summed E-state index contributed by atoms with van der Waals surface area (Å²) < 4.78 is 24.4. The van der Waals surface area contributed by atoms with Crippen molar-refractivity contribution in [3.63, 3.8) is 0 Å². The van der Waals surface area contributed by atoms with E-state index in [2.05, 4.69) is 9.72 Å². The van der Waals surface area contributed by atoms with Crippen molar-refractivity contribution < 1.29 is 18.3 Å². The SMILES string of the molecule is COC(=O)c1c(C)c(C#N)c2nc(C3CC3)oc2c1F. The molecule has 20 heavy (non-hydrogen) atoms. The van der Waals surface area contributed by atoms with Crippen LogP contribution >= 0.6 is 0 Å². The minimum atomic E-state index is -0.831. The third kappa shape index (κ3) is 1.67. The Labute approximate surface area is 114 Å². The van der Waals surface area contributed by atoms with Crippen LogP contribution in [-0.4, -0.2) is 18.1 Å². The van der Waals surface area contributed by atoms with Crippen LogP contribution in [0.25, 0.3) is 11.1 Å². The highest BCUT2D eigenvalue weighted by molar-refractivity contribution is 5.98. The second-order valence-electron chi connectivity index (χ2n) is 4.80. The number of esters is 1. The molecule has 1 fully saturated rings. The Balaban J connectivity index is 2.36. The lowest BCUT2D eigenvalue weighted by Crippen LogP contribution is -2.09. The minimum absolute atomic E-state index is 0.144. The number of fused-ring (bicyclic) bond motifs is 1. The van der Waals surface area contributed by atoms with E-state index in [1.807, 2.05) is 6.07 Å². The molecular weight excluding hydrogens is 263 g/mol. The molecule has 1 saturated carbocycles. The van der Waals surface area contributed by atoms with Crippen molar-refractivity contribution in [1.82, 2.24) is 4.98 Å². The van der Waals surface area contributed by atoms with E-state index in [9.17, 15) is 14.4 Å². The molecule has 102 valence electrons. The number of halogens is 1. The van der Waals surface area contributed by atoms with Gasteiger partial charge in [0.2, 0.25) is 0 Å². The van der Waals surface area contributed by atoms with Crippen molar-refractivity contribution >= 4 is 17.1 Å². The normalized spacial score (nSPS) is 14.3. The molecule has 1 aliphatic carbocycles. The van der Waals surface area contributed by atoms with Crippen LogP contribution in [0.4, 0.5) is 4.39 Å². The topological polar surface area (TPSA) is 76.1 Å². The van der Waals surface area contributed by atoms with Crippen LogP contribution in [0.3, 0.4) is 0 Å². The van der Waals surface area contributed by atoms with Gasteiger partial charge in [0.1, 0.15) is 17.1 Å². The van der Waals surface area contributed by atoms with Gasteiger partial charge in [0.25, 0.3) is 0 Å². The fraction of sp³-hybridized carbons (Fsp3) is 0.357. The lowest BCUT2D eigenvalue weighted by Gasteiger charge is -2.07. The van der Waals surface area contributed by atoms with Gasteiger partial charge < -0.3 is 9.15 Å². The van der Waals surface area contributed by atoms with Gasteiger partial charge >= 0.3 is 5.97 Å². The number of carbonyl (C=O) groups is 1. The van der Waals surface area contributed by atoms with Gasteiger partial charge in [-0.15, -0.1) is 0 Å². The molecule has 0 saturated heterocycles. The van der Waals surface area contributed by atoms with Crippen LogP contribution in [0.1, 0.15) is 46.1 Å². The van der Waals surface area contributed by atoms with Gasteiger partial charge in [-0.1, -0.05) is 0 Å². The second-order valence-corrected chi connectivity index (χ2v) is 4.80. The maximum absolute atomic E-state index is 14.4. The zero-order valence-electron chi connectivity index (χ0n) is 11.0. The Bertz CT molecular complexity index is 769. The molecule has 0 aliphatic heterocycles. The Morgan fingerprint density at radius 1 is 1.55 bits per heavy atom. The molecule has 1 heterocycles. The molecule has 0 N–H and O–H groups in total. The van der Waals surface area contributed by atoms with Crippen molar-refractivity contribution in [2.45, 2.75) is 25.7 Å². The summed E-state index contributed by atoms with van der Waals surface area (Å²) in [6, 6.07) is 1.96. The maximum atomic E-state index is 14.4. The number of oxazole rings is 1. The number of aromatic nitrogens is 1. The number of benzene rings is 1. The third-order valence-corrected chi connectivity index (χ3v) is 3.48. The predicted octanol–water partition coefficient (Wildman–Crippen LogP) is 2.81. The Kier molecular flexibility index (Phi) is 2.71. The number of carbonyl (C=O) groups excluding carboxylic acids is 1. The zero-order chi connectivity index (χ0) is 14.4. The van der Waals surface area contributed by atoms with E-state index in [-0.39, 0.29) is 33.7 Å². The number of methoxy groups -OCH3 is 1. The molecule has 0 radical (unpaired) electrons. The van der Waals surface area contributed by atoms with Crippen LogP contribution < -0.4 is 0 Å². The Morgan fingerprint density at radius 2 is 2.25 bits per heavy atom. The summed E-state index contributed by atoms with van der Waals surface area (Å²) >= 11 is 0. The van der Waals surface area contributed by atoms with E-state index in [4.69, 9.17) is 4.42 Å². The lowest BCUT2D eigenvalue weighted by atomic mass is 10.0. The highest BCUT2D eigenvalue weighted by Crippen LogP contribution is 2.42. The van der Waals surface area contributed by atoms with Gasteiger partial charge in [-0.25, -0.2) is 14.2 Å². The van der Waals surface area contributed by atoms with E-state index >= 15 is 0 Å². The average molecular weight is 274 g/mol. The highest BCUT2D eigenvalue weighted by Gasteiger charge is 2.32. The van der Waals surface area contributed by atoms with E-state index in [1.165, 1.54) is 6.92 Å². The van der Waals surface area contributed by atoms with Crippen LogP contribution in [0.15, 0.2) is 4.42 Å². The van der Waals surface area contributed by atoms with Gasteiger partial charge in [0, 0.05) is 5.92 Å². The first-order valence-electron chi connectivity index (χ1n) is 6.19. The largest absolute Gasteiger partial charge is 0.465 e. The summed E-state index contributed by atoms with van der Waals surface area (Å²) in [5, 5.41) is 9.24. The van der Waals surface area contributed by atoms with Crippen molar-refractivity contribution in [3.8, 4) is 6.07 Å². The fourth-order valence-corrected chi connectivity index (χ4v) is 2.22. The van der Waals surface area contributed by atoms with E-state index in [0.717, 1.165) is 20.0 Å². The Hall–Kier alpha value is -2.42. The molecule has 1 aliphatic rings. The standard InChI is InChI=1S/C14H11FN2O3/c1-6-8(5-16)11-12(10(15)9(6)14(18)19-2)20-13(17-11)7-3-4-7/h7H,3-4H2,1-2H3. The van der Waals surface area contributed by atoms with Crippen molar-refractivity contribution in [2.24, 2.45) is 0 Å². The van der Waals surface area contributed by atoms with Gasteiger partial charge in [-0.2, -0.15) is 5.26 Å². The maximum Gasteiger partial charge on any atom is 0.341 e. The summed E-state index contributed by atoms with van der Waals surface area (Å²) in [6.45, 7) is 1.50. The monoisotopic (exact) mass is 274 g/mol. The summed E-state index contributed by atoms with van der Waals surface area (Å²) in [6.07, 6.45) is 1.89. The fourth-order valence-electron chi connectivity index (χ4n) is 2.22. The van der Waals surface area contributed by atoms with Gasteiger partial charge in [-0.3, -0.25) is 0 Å². The zero-order valence-corrected chi connectivity index (χ0v) is 11.0. The molecule has 1 aromatic carbocycles. The first-order valence-corrected chi connectivity index (χ1v) is 6.19. The van der Waals surface area contributed by atoms with Crippen molar-refractivity contribution in [1.29, 1.82) is 5.26 Å². The average Bonchev–Trinajstić information content (AvgIpc) is 3.19. The third-order valence-electron chi connectivity index (χ3n) is 3.48. The van der Waals surface area contributed by atoms with Gasteiger partial charge in [0.15, 0.2) is 17.3 Å². The number of ether oxygens (including phenoxy) is 1. The van der Waals surface area contributed by atoms with Gasteiger partial charge in [-0.05, 0) is 25.3 Å². The van der Waals surface area contributed by atoms with Crippen LogP contribution in [0.2, 0.25) is 0 Å². The van der Waals surface area contributed by atoms with E-state index in [1.54, 1.807) is 0 Å². The Morgan fingerprint density at radius 3 is 2.80 bits per heavy atom. The van der Waals surface area contributed by atoms with Gasteiger partial charge in [0.05, 0.1) is 12.7 Å². The summed E-state index contributed by atoms with van der Waals surface area (Å²) in [4.78, 5) is 15.9. The van der Waals surface area contributed by atoms with Crippen LogP contribution in [0.5, 0.6) is 0 Å². The molecule has 2 aromatic rings. The number of rotatable bonds is 2. The molecule has 5 nitrogen and oxygen atoms in total. The molecule has 0 atom stereocenters. The van der Waals surface area contributed by atoms with E-state index in [0.29, 0.717) is 5.89 Å². The molecule has 6 heteroatoms. The molecular formula is C14H11FN2O3. The molecule has 0 amide bonds. The van der Waals surface area contributed by atoms with Crippen molar-refractivity contribution in [2.75, 3.05) is 7.11 Å². The van der Waals surface area contributed by atoms with Crippen LogP contribution in [0, 0.1) is 24.1 Å². The second kappa shape index (κ2) is 4.30. The summed E-state index contributed by atoms with van der Waals surface area (Å²) in [5.74, 6) is -1.03. The number of hydrogen-bond acceptors (Lipinski definition) is 5. The quantitative estimate of drug-likeness (QED) is 0.787. The predicted molar refractivity (Wildman–Crippen MR) is 66.7 cm³/mol. The summed E-state index contributed by atoms with van der Waals surface area (Å²) in [5.41, 5.74) is 0.138. The number of hydrogen-bond donors (Lipinski definition) is 0. The number of nitriles is 1. The molecule has 0 bridgehead atoms.